The number of nitrogens with two attached hydrogens (primary N) is 1. The fourth-order valence-electron chi connectivity index (χ4n) is 1.00. The van der Waals surface area contributed by atoms with Crippen LogP contribution in [0.4, 0.5) is 0 Å². The number of carbonyl (C=O) groups is 1. The molecular weight excluding hydrogens is 254 g/mol. The van der Waals surface area contributed by atoms with Gasteiger partial charge in [-0.2, -0.15) is 0 Å². The third kappa shape index (κ3) is 4.18. The van der Waals surface area contributed by atoms with E-state index in [2.05, 4.69) is 4.98 Å². The van der Waals surface area contributed by atoms with Gasteiger partial charge in [0.25, 0.3) is 0 Å². The predicted molar refractivity (Wildman–Crippen MR) is 72.1 cm³/mol. The number of allylic oxidation sites excluding steroid dienone is 2. The summed E-state index contributed by atoms with van der Waals surface area (Å²) in [5.74, 6) is -1.15. The summed E-state index contributed by atoms with van der Waals surface area (Å²) in [5, 5.41) is 16.5. The normalized spacial score (nSPS) is 10.9. The molecule has 0 saturated carbocycles. The molecule has 0 amide bonds. The topological polar surface area (TPSA) is 100 Å². The van der Waals surface area contributed by atoms with E-state index in [0.717, 1.165) is 0 Å². The Hall–Kier alpha value is -1.88. The highest BCUT2D eigenvalue weighted by Gasteiger charge is 2.12. The van der Waals surface area contributed by atoms with Gasteiger partial charge in [0, 0.05) is 5.70 Å². The molecule has 0 bridgehead atoms. The van der Waals surface area contributed by atoms with Gasteiger partial charge < -0.3 is 10.8 Å². The van der Waals surface area contributed by atoms with Gasteiger partial charge in [0.15, 0.2) is 0 Å². The van der Waals surface area contributed by atoms with Gasteiger partial charge in [-0.3, -0.25) is 5.41 Å². The largest absolute Gasteiger partial charge is 0.477 e. The van der Waals surface area contributed by atoms with E-state index in [9.17, 15) is 4.79 Å². The summed E-state index contributed by atoms with van der Waals surface area (Å²) in [5.41, 5.74) is 5.67. The first-order chi connectivity index (χ1) is 8.43. The van der Waals surface area contributed by atoms with Crippen molar-refractivity contribution in [3.05, 3.63) is 40.3 Å². The van der Waals surface area contributed by atoms with Gasteiger partial charge in [-0.05, 0) is 19.1 Å². The number of halogens is 1. The monoisotopic (exact) mass is 269 g/mol. The third-order valence-electron chi connectivity index (χ3n) is 1.79. The Morgan fingerprint density at radius 2 is 1.89 bits per heavy atom. The van der Waals surface area contributed by atoms with Crippen molar-refractivity contribution in [2.75, 3.05) is 0 Å². The fourth-order valence-corrected chi connectivity index (χ4v) is 1.10. The van der Waals surface area contributed by atoms with Crippen LogP contribution in [0.1, 0.15) is 37.0 Å². The molecule has 6 heteroatoms. The predicted octanol–water partition coefficient (Wildman–Crippen LogP) is 2.60. The molecule has 0 spiro atoms. The molecule has 1 heterocycles. The van der Waals surface area contributed by atoms with Crippen LogP contribution < -0.4 is 5.73 Å². The Kier molecular flexibility index (Phi) is 6.67. The molecular formula is C12H16ClN3O2. The van der Waals surface area contributed by atoms with E-state index in [-0.39, 0.29) is 27.8 Å². The third-order valence-corrected chi connectivity index (χ3v) is 2.28. The van der Waals surface area contributed by atoms with Crippen molar-refractivity contribution < 1.29 is 9.90 Å². The summed E-state index contributed by atoms with van der Waals surface area (Å²) >= 11 is 5.78. The van der Waals surface area contributed by atoms with E-state index >= 15 is 0 Å². The Morgan fingerprint density at radius 3 is 2.33 bits per heavy atom. The number of nitrogens with zero attached hydrogens (tertiary/aromatic N) is 1. The summed E-state index contributed by atoms with van der Waals surface area (Å²) < 4.78 is 0. The highest BCUT2D eigenvalue weighted by molar-refractivity contribution is 6.45. The van der Waals surface area contributed by atoms with Crippen molar-refractivity contribution >= 4 is 23.3 Å². The van der Waals surface area contributed by atoms with Gasteiger partial charge in [-0.25, -0.2) is 9.78 Å². The molecule has 18 heavy (non-hydrogen) atoms. The van der Waals surface area contributed by atoms with Crippen LogP contribution in [0.5, 0.6) is 0 Å². The van der Waals surface area contributed by atoms with E-state index in [1.807, 2.05) is 13.8 Å². The molecule has 0 unspecified atom stereocenters. The van der Waals surface area contributed by atoms with Gasteiger partial charge >= 0.3 is 5.97 Å². The summed E-state index contributed by atoms with van der Waals surface area (Å²) in [6.45, 7) is 5.55. The lowest BCUT2D eigenvalue weighted by Crippen LogP contribution is -2.10. The van der Waals surface area contributed by atoms with Crippen LogP contribution in [0.2, 0.25) is 0 Å². The highest BCUT2D eigenvalue weighted by Crippen LogP contribution is 2.12. The SMILES string of the molecule is C/C(N)=C(\Cl)C(=N)c1cccc(C(=O)O)n1.CC. The van der Waals surface area contributed by atoms with Gasteiger partial charge in [0.1, 0.15) is 11.4 Å². The first kappa shape index (κ1) is 16.1. The van der Waals surface area contributed by atoms with Crippen molar-refractivity contribution in [3.63, 3.8) is 0 Å². The van der Waals surface area contributed by atoms with Gasteiger partial charge in [-0.15, -0.1) is 0 Å². The van der Waals surface area contributed by atoms with Crippen LogP contribution in [0.25, 0.3) is 0 Å². The first-order valence-electron chi connectivity index (χ1n) is 5.35. The Labute approximate surface area is 111 Å². The lowest BCUT2D eigenvalue weighted by molar-refractivity contribution is 0.0690. The van der Waals surface area contributed by atoms with Crippen LogP contribution in [0.15, 0.2) is 28.9 Å². The second-order valence-electron chi connectivity index (χ2n) is 3.09. The molecule has 98 valence electrons. The van der Waals surface area contributed by atoms with Gasteiger partial charge in [0.05, 0.1) is 10.7 Å². The number of hydrogen-bond acceptors (Lipinski definition) is 4. The maximum Gasteiger partial charge on any atom is 0.354 e. The van der Waals surface area contributed by atoms with Crippen molar-refractivity contribution in [1.29, 1.82) is 5.41 Å². The molecule has 0 saturated heterocycles. The van der Waals surface area contributed by atoms with Crippen LogP contribution in [0.3, 0.4) is 0 Å². The fraction of sp³-hybridized carbons (Fsp3) is 0.250. The maximum atomic E-state index is 10.7. The van der Waals surface area contributed by atoms with Crippen LogP contribution in [0, 0.1) is 5.41 Å². The zero-order valence-electron chi connectivity index (χ0n) is 10.5. The minimum Gasteiger partial charge on any atom is -0.477 e. The Morgan fingerprint density at radius 1 is 1.39 bits per heavy atom. The molecule has 4 N–H and O–H groups in total. The lowest BCUT2D eigenvalue weighted by Gasteiger charge is -2.04. The molecule has 0 aromatic carbocycles. The molecule has 0 aliphatic carbocycles. The highest BCUT2D eigenvalue weighted by atomic mass is 35.5. The molecule has 5 nitrogen and oxygen atoms in total. The Balaban J connectivity index is 0.00000137. The number of pyridine rings is 1. The van der Waals surface area contributed by atoms with Crippen molar-refractivity contribution in [3.8, 4) is 0 Å². The molecule has 0 fully saturated rings. The molecule has 0 atom stereocenters. The van der Waals surface area contributed by atoms with Gasteiger partial charge in [-0.1, -0.05) is 31.5 Å². The second kappa shape index (κ2) is 7.45. The van der Waals surface area contributed by atoms with Gasteiger partial charge in [0.2, 0.25) is 0 Å². The standard InChI is InChI=1S/C10H10ClN3O2.C2H6/c1-5(12)8(11)9(13)6-3-2-4-7(14-6)10(15)16;1-2/h2-4,13H,12H2,1H3,(H,15,16);1-2H3/b8-5+,13-9?;. The summed E-state index contributed by atoms with van der Waals surface area (Å²) in [4.78, 5) is 14.5. The second-order valence-corrected chi connectivity index (χ2v) is 3.46. The first-order valence-corrected chi connectivity index (χ1v) is 5.72. The number of aromatic carboxylic acids is 1. The van der Waals surface area contributed by atoms with E-state index in [1.54, 1.807) is 6.92 Å². The smallest absolute Gasteiger partial charge is 0.354 e. The number of aromatic nitrogens is 1. The van der Waals surface area contributed by atoms with E-state index in [0.29, 0.717) is 0 Å². The number of hydrogen-bond donors (Lipinski definition) is 3. The average molecular weight is 270 g/mol. The van der Waals surface area contributed by atoms with Crippen LogP contribution in [-0.4, -0.2) is 21.8 Å². The molecule has 0 radical (unpaired) electrons. The van der Waals surface area contributed by atoms with Crippen molar-refractivity contribution in [1.82, 2.24) is 4.98 Å². The van der Waals surface area contributed by atoms with E-state index in [1.165, 1.54) is 18.2 Å². The molecule has 1 aromatic heterocycles. The lowest BCUT2D eigenvalue weighted by atomic mass is 10.2. The molecule has 1 rings (SSSR count). The summed E-state index contributed by atoms with van der Waals surface area (Å²) in [6, 6.07) is 4.34. The minimum atomic E-state index is -1.15. The van der Waals surface area contributed by atoms with Crippen LogP contribution >= 0.6 is 11.6 Å². The summed E-state index contributed by atoms with van der Waals surface area (Å²) in [6.07, 6.45) is 0. The van der Waals surface area contributed by atoms with E-state index < -0.39 is 5.97 Å². The van der Waals surface area contributed by atoms with Crippen LogP contribution in [-0.2, 0) is 0 Å². The number of nitrogens with one attached hydrogen (secondary N) is 1. The van der Waals surface area contributed by atoms with Crippen molar-refractivity contribution in [2.24, 2.45) is 5.73 Å². The molecule has 0 aliphatic rings. The maximum absolute atomic E-state index is 10.7. The number of rotatable bonds is 3. The Bertz CT molecular complexity index is 480. The quantitative estimate of drug-likeness (QED) is 0.734. The van der Waals surface area contributed by atoms with E-state index in [4.69, 9.17) is 27.9 Å². The van der Waals surface area contributed by atoms with Crippen molar-refractivity contribution in [2.45, 2.75) is 20.8 Å². The average Bonchev–Trinajstić information content (AvgIpc) is 2.39. The number of carboxylic acid groups (broad SMARTS) is 1. The molecule has 0 aliphatic heterocycles. The zero-order chi connectivity index (χ0) is 14.3. The zero-order valence-corrected chi connectivity index (χ0v) is 11.2. The minimum absolute atomic E-state index is 0.0649. The number of carboxylic acids is 1. The molecule has 1 aromatic rings. The summed E-state index contributed by atoms with van der Waals surface area (Å²) in [7, 11) is 0.